The van der Waals surface area contributed by atoms with Gasteiger partial charge in [0.25, 0.3) is 5.56 Å². The normalized spacial score (nSPS) is 12.0. The summed E-state index contributed by atoms with van der Waals surface area (Å²) in [5.74, 6) is 1.34. The van der Waals surface area contributed by atoms with E-state index >= 15 is 0 Å². The lowest BCUT2D eigenvalue weighted by Crippen LogP contribution is -2.28. The van der Waals surface area contributed by atoms with E-state index in [2.05, 4.69) is 22.0 Å². The summed E-state index contributed by atoms with van der Waals surface area (Å²) in [4.78, 5) is 14.4. The summed E-state index contributed by atoms with van der Waals surface area (Å²) in [5, 5.41) is 19.5. The lowest BCUT2D eigenvalue weighted by molar-refractivity contribution is 0.187. The fraction of sp³-hybridized carbons (Fsp3) is 0.500. The zero-order valence-corrected chi connectivity index (χ0v) is 13.5. The van der Waals surface area contributed by atoms with Gasteiger partial charge in [-0.25, -0.2) is 0 Å². The first-order chi connectivity index (χ1) is 10.7. The molecule has 0 aliphatic rings. The maximum Gasteiger partial charge on any atom is 0.272 e. The Balaban J connectivity index is 2.13. The molecule has 3 aromatic heterocycles. The van der Waals surface area contributed by atoms with E-state index in [9.17, 15) is 9.90 Å². The molecular weight excluding hydrogens is 302 g/mol. The zero-order valence-electron chi connectivity index (χ0n) is 12.7. The van der Waals surface area contributed by atoms with Crippen molar-refractivity contribution in [1.29, 1.82) is 0 Å². The van der Waals surface area contributed by atoms with Gasteiger partial charge in [-0.3, -0.25) is 18.7 Å². The first-order valence-corrected chi connectivity index (χ1v) is 8.18. The largest absolute Gasteiger partial charge is 0.395 e. The van der Waals surface area contributed by atoms with Crippen molar-refractivity contribution in [2.24, 2.45) is 7.05 Å². The third-order valence-corrected chi connectivity index (χ3v) is 4.61. The average Bonchev–Trinajstić information content (AvgIpc) is 3.12. The van der Waals surface area contributed by atoms with Gasteiger partial charge < -0.3 is 5.11 Å². The second-order valence-corrected chi connectivity index (χ2v) is 6.17. The molecule has 0 amide bonds. The fourth-order valence-corrected chi connectivity index (χ4v) is 3.53. The molecule has 3 heterocycles. The Morgan fingerprint density at radius 1 is 1.36 bits per heavy atom. The molecule has 0 bridgehead atoms. The Morgan fingerprint density at radius 3 is 2.91 bits per heavy atom. The van der Waals surface area contributed by atoms with E-state index in [0.717, 1.165) is 24.3 Å². The average molecular weight is 321 g/mol. The van der Waals surface area contributed by atoms with Gasteiger partial charge in [-0.15, -0.1) is 21.5 Å². The topological polar surface area (TPSA) is 75.7 Å². The summed E-state index contributed by atoms with van der Waals surface area (Å²) in [6.45, 7) is 4.30. The lowest BCUT2D eigenvalue weighted by Gasteiger charge is -2.19. The number of rotatable bonds is 6. The van der Waals surface area contributed by atoms with E-state index in [1.165, 1.54) is 15.9 Å². The van der Waals surface area contributed by atoms with Gasteiger partial charge in [0.15, 0.2) is 5.82 Å². The molecule has 0 radical (unpaired) electrons. The summed E-state index contributed by atoms with van der Waals surface area (Å²) in [5.41, 5.74) is 0.806. The van der Waals surface area contributed by atoms with Crippen LogP contribution in [0.5, 0.6) is 0 Å². The summed E-state index contributed by atoms with van der Waals surface area (Å²) in [6.07, 6.45) is 1.00. The third-order valence-electron chi connectivity index (χ3n) is 3.72. The van der Waals surface area contributed by atoms with Crippen LogP contribution < -0.4 is 5.56 Å². The second kappa shape index (κ2) is 6.15. The lowest BCUT2D eigenvalue weighted by atomic mass is 10.3. The second-order valence-electron chi connectivity index (χ2n) is 5.25. The van der Waals surface area contributed by atoms with Crippen LogP contribution >= 0.6 is 11.3 Å². The van der Waals surface area contributed by atoms with E-state index in [4.69, 9.17) is 0 Å². The molecule has 0 unspecified atom stereocenters. The predicted molar refractivity (Wildman–Crippen MR) is 86.3 cm³/mol. The number of thiophene rings is 1. The Morgan fingerprint density at radius 2 is 2.18 bits per heavy atom. The Bertz CT molecular complexity index is 844. The Kier molecular flexibility index (Phi) is 4.23. The standard InChI is InChI=1S/C14H19N5O2S/c1-3-5-18(6-7-20)9-11-15-16-14-17(2)13(21)12-10(19(11)14)4-8-22-12/h4,8,20H,3,5-7,9H2,1-2H3. The van der Waals surface area contributed by atoms with Gasteiger partial charge >= 0.3 is 0 Å². The van der Waals surface area contributed by atoms with Crippen LogP contribution in [0.15, 0.2) is 16.2 Å². The minimum absolute atomic E-state index is 0.0442. The molecule has 0 aliphatic heterocycles. The molecule has 3 rings (SSSR count). The number of aliphatic hydroxyl groups is 1. The van der Waals surface area contributed by atoms with Gasteiger partial charge in [0.1, 0.15) is 4.70 Å². The molecule has 0 atom stereocenters. The fourth-order valence-electron chi connectivity index (χ4n) is 2.68. The number of aryl methyl sites for hydroxylation is 1. The zero-order chi connectivity index (χ0) is 15.7. The highest BCUT2D eigenvalue weighted by molar-refractivity contribution is 7.17. The van der Waals surface area contributed by atoms with Crippen LogP contribution in [0.4, 0.5) is 0 Å². The number of fused-ring (bicyclic) bond motifs is 3. The molecule has 22 heavy (non-hydrogen) atoms. The molecule has 0 saturated heterocycles. The van der Waals surface area contributed by atoms with Crippen molar-refractivity contribution >= 4 is 27.3 Å². The van der Waals surface area contributed by atoms with Crippen LogP contribution in [0, 0.1) is 0 Å². The first-order valence-electron chi connectivity index (χ1n) is 7.30. The number of aromatic nitrogens is 4. The summed E-state index contributed by atoms with van der Waals surface area (Å²) in [7, 11) is 1.72. The van der Waals surface area contributed by atoms with Crippen LogP contribution in [-0.2, 0) is 13.6 Å². The smallest absolute Gasteiger partial charge is 0.272 e. The first kappa shape index (κ1) is 15.1. The van der Waals surface area contributed by atoms with Crippen molar-refractivity contribution in [2.75, 3.05) is 19.7 Å². The summed E-state index contributed by atoms with van der Waals surface area (Å²) in [6, 6.07) is 1.93. The molecule has 8 heteroatoms. The van der Waals surface area contributed by atoms with Gasteiger partial charge in [-0.1, -0.05) is 6.92 Å². The Hall–Kier alpha value is -1.77. The summed E-state index contributed by atoms with van der Waals surface area (Å²) >= 11 is 1.43. The maximum atomic E-state index is 12.3. The van der Waals surface area contributed by atoms with Crippen molar-refractivity contribution in [3.63, 3.8) is 0 Å². The van der Waals surface area contributed by atoms with Gasteiger partial charge in [-0.2, -0.15) is 0 Å². The van der Waals surface area contributed by atoms with E-state index in [0.29, 0.717) is 23.6 Å². The molecule has 1 N–H and O–H groups in total. The molecule has 3 aromatic rings. The highest BCUT2D eigenvalue weighted by atomic mass is 32.1. The van der Waals surface area contributed by atoms with Crippen molar-refractivity contribution in [1.82, 2.24) is 24.1 Å². The van der Waals surface area contributed by atoms with Crippen LogP contribution in [0.3, 0.4) is 0 Å². The van der Waals surface area contributed by atoms with Crippen LogP contribution in [0.1, 0.15) is 19.2 Å². The molecule has 0 fully saturated rings. The molecule has 0 aliphatic carbocycles. The quantitative estimate of drug-likeness (QED) is 0.728. The van der Waals surface area contributed by atoms with E-state index < -0.39 is 0 Å². The van der Waals surface area contributed by atoms with Crippen molar-refractivity contribution in [2.45, 2.75) is 19.9 Å². The maximum absolute atomic E-state index is 12.3. The van der Waals surface area contributed by atoms with Crippen LogP contribution in [0.25, 0.3) is 16.0 Å². The number of nitrogens with zero attached hydrogens (tertiary/aromatic N) is 5. The number of hydrogen-bond acceptors (Lipinski definition) is 6. The molecule has 0 aromatic carbocycles. The third kappa shape index (κ3) is 2.43. The molecule has 0 spiro atoms. The summed E-state index contributed by atoms with van der Waals surface area (Å²) < 4.78 is 4.18. The van der Waals surface area contributed by atoms with Crippen molar-refractivity contribution in [3.8, 4) is 0 Å². The highest BCUT2D eigenvalue weighted by Crippen LogP contribution is 2.19. The highest BCUT2D eigenvalue weighted by Gasteiger charge is 2.17. The minimum Gasteiger partial charge on any atom is -0.395 e. The van der Waals surface area contributed by atoms with Crippen LogP contribution in [-0.4, -0.2) is 48.9 Å². The molecule has 118 valence electrons. The molecular formula is C14H19N5O2S. The Labute approximate surface area is 131 Å². The number of hydrogen-bond donors (Lipinski definition) is 1. The molecule has 0 saturated carbocycles. The van der Waals surface area contributed by atoms with Gasteiger partial charge in [0.2, 0.25) is 5.78 Å². The SMILES string of the molecule is CCCN(CCO)Cc1nnc2n(C)c(=O)c3sccc3n12. The van der Waals surface area contributed by atoms with E-state index in [1.807, 2.05) is 15.8 Å². The predicted octanol–water partition coefficient (Wildman–Crippen LogP) is 0.847. The van der Waals surface area contributed by atoms with Crippen LogP contribution in [0.2, 0.25) is 0 Å². The monoisotopic (exact) mass is 321 g/mol. The van der Waals surface area contributed by atoms with Gasteiger partial charge in [0.05, 0.1) is 18.7 Å². The van der Waals surface area contributed by atoms with Crippen molar-refractivity contribution < 1.29 is 5.11 Å². The van der Waals surface area contributed by atoms with E-state index in [1.54, 1.807) is 7.05 Å². The van der Waals surface area contributed by atoms with Gasteiger partial charge in [-0.05, 0) is 24.4 Å². The number of aliphatic hydroxyl groups excluding tert-OH is 1. The molecule has 7 nitrogen and oxygen atoms in total. The van der Waals surface area contributed by atoms with Crippen molar-refractivity contribution in [3.05, 3.63) is 27.6 Å². The minimum atomic E-state index is -0.0442. The van der Waals surface area contributed by atoms with Gasteiger partial charge in [0, 0.05) is 13.6 Å². The van der Waals surface area contributed by atoms with E-state index in [-0.39, 0.29) is 12.2 Å².